The quantitative estimate of drug-likeness (QED) is 0.419. The molecular weight excluding hydrogens is 172 g/mol. The highest BCUT2D eigenvalue weighted by Crippen LogP contribution is 1.95. The highest BCUT2D eigenvalue weighted by molar-refractivity contribution is 5.73. The van der Waals surface area contributed by atoms with Gasteiger partial charge in [-0.3, -0.25) is 4.79 Å². The van der Waals surface area contributed by atoms with Gasteiger partial charge in [-0.25, -0.2) is 0 Å². The highest BCUT2D eigenvalue weighted by atomic mass is 16.4. The van der Waals surface area contributed by atoms with Gasteiger partial charge in [0.2, 0.25) is 0 Å². The lowest BCUT2D eigenvalue weighted by Gasteiger charge is -2.16. The van der Waals surface area contributed by atoms with E-state index in [2.05, 4.69) is 5.32 Å². The van der Waals surface area contributed by atoms with Crippen LogP contribution in [0.3, 0.4) is 0 Å². The van der Waals surface area contributed by atoms with E-state index in [1.165, 1.54) is 0 Å². The van der Waals surface area contributed by atoms with Crippen molar-refractivity contribution >= 4 is 5.97 Å². The maximum Gasteiger partial charge on any atom is 0.321 e. The summed E-state index contributed by atoms with van der Waals surface area (Å²) < 4.78 is 0. The number of nitrogens with two attached hydrogens (primary N) is 1. The Labute approximate surface area is 77.9 Å². The Morgan fingerprint density at radius 1 is 1.62 bits per heavy atom. The summed E-state index contributed by atoms with van der Waals surface area (Å²) >= 11 is 0. The molecule has 0 rings (SSSR count). The number of aliphatic carboxylic acids is 1. The first-order valence-corrected chi connectivity index (χ1v) is 4.44. The fourth-order valence-corrected chi connectivity index (χ4v) is 0.987. The third-order valence-corrected chi connectivity index (χ3v) is 1.91. The predicted molar refractivity (Wildman–Crippen MR) is 49.4 cm³/mol. The molecule has 0 aromatic rings. The van der Waals surface area contributed by atoms with E-state index in [1.807, 2.05) is 6.92 Å². The van der Waals surface area contributed by atoms with Gasteiger partial charge in [-0.1, -0.05) is 6.92 Å². The van der Waals surface area contributed by atoms with Crippen molar-refractivity contribution in [1.82, 2.24) is 5.32 Å². The van der Waals surface area contributed by atoms with E-state index in [0.717, 1.165) is 6.42 Å². The van der Waals surface area contributed by atoms with Crippen LogP contribution >= 0.6 is 0 Å². The first kappa shape index (κ1) is 12.3. The lowest BCUT2D eigenvalue weighted by molar-refractivity contribution is -0.138. The molecule has 0 saturated heterocycles. The fraction of sp³-hybridized carbons (Fsp3) is 0.875. The van der Waals surface area contributed by atoms with Gasteiger partial charge in [0.05, 0.1) is 0 Å². The molecule has 0 heterocycles. The van der Waals surface area contributed by atoms with E-state index in [-0.39, 0.29) is 19.2 Å². The number of aliphatic hydroxyl groups excluding tert-OH is 1. The van der Waals surface area contributed by atoms with Crippen LogP contribution in [0.1, 0.15) is 19.8 Å². The predicted octanol–water partition coefficient (Wildman–Crippen LogP) is -0.851. The van der Waals surface area contributed by atoms with Crippen LogP contribution < -0.4 is 11.1 Å². The monoisotopic (exact) mass is 190 g/mol. The Morgan fingerprint density at radius 3 is 2.62 bits per heavy atom. The Balaban J connectivity index is 3.64. The molecule has 0 aliphatic rings. The molecule has 0 fully saturated rings. The van der Waals surface area contributed by atoms with Crippen LogP contribution in [-0.2, 0) is 4.79 Å². The van der Waals surface area contributed by atoms with Gasteiger partial charge in [-0.05, 0) is 12.8 Å². The summed E-state index contributed by atoms with van der Waals surface area (Å²) in [5.74, 6) is -1.01. The Hall–Kier alpha value is -0.650. The van der Waals surface area contributed by atoms with Gasteiger partial charge < -0.3 is 21.3 Å². The van der Waals surface area contributed by atoms with Gasteiger partial charge in [0.1, 0.15) is 6.04 Å². The topological polar surface area (TPSA) is 95.6 Å². The van der Waals surface area contributed by atoms with Gasteiger partial charge >= 0.3 is 5.97 Å². The van der Waals surface area contributed by atoms with Crippen molar-refractivity contribution in [2.45, 2.75) is 31.8 Å². The van der Waals surface area contributed by atoms with Crippen LogP contribution in [0.15, 0.2) is 0 Å². The van der Waals surface area contributed by atoms with Crippen molar-refractivity contribution in [3.8, 4) is 0 Å². The van der Waals surface area contributed by atoms with E-state index < -0.39 is 12.0 Å². The fourth-order valence-electron chi connectivity index (χ4n) is 0.987. The van der Waals surface area contributed by atoms with Crippen molar-refractivity contribution in [2.75, 3.05) is 13.2 Å². The van der Waals surface area contributed by atoms with E-state index >= 15 is 0 Å². The second-order valence-corrected chi connectivity index (χ2v) is 2.97. The minimum Gasteiger partial charge on any atom is -0.480 e. The smallest absolute Gasteiger partial charge is 0.321 e. The number of carboxylic acids is 1. The molecule has 78 valence electrons. The molecule has 0 radical (unpaired) electrons. The number of aliphatic hydroxyl groups is 1. The summed E-state index contributed by atoms with van der Waals surface area (Å²) in [6.07, 6.45) is 1.48. The minimum atomic E-state index is -1.01. The Bertz CT molecular complexity index is 152. The van der Waals surface area contributed by atoms with Crippen LogP contribution in [0.2, 0.25) is 0 Å². The van der Waals surface area contributed by atoms with Crippen LogP contribution in [-0.4, -0.2) is 41.4 Å². The molecule has 2 unspecified atom stereocenters. The molecule has 0 aliphatic carbocycles. The summed E-state index contributed by atoms with van der Waals surface area (Å²) in [7, 11) is 0. The zero-order valence-electron chi connectivity index (χ0n) is 7.86. The average molecular weight is 190 g/mol. The number of nitrogens with one attached hydrogen (secondary N) is 1. The van der Waals surface area contributed by atoms with Crippen LogP contribution in [0.4, 0.5) is 0 Å². The summed E-state index contributed by atoms with van der Waals surface area (Å²) in [5.41, 5.74) is 5.29. The number of rotatable bonds is 7. The Kier molecular flexibility index (Phi) is 6.48. The zero-order valence-corrected chi connectivity index (χ0v) is 7.86. The highest BCUT2D eigenvalue weighted by Gasteiger charge is 2.13. The molecule has 2 atom stereocenters. The van der Waals surface area contributed by atoms with Crippen LogP contribution in [0, 0.1) is 0 Å². The van der Waals surface area contributed by atoms with E-state index in [1.54, 1.807) is 0 Å². The third-order valence-electron chi connectivity index (χ3n) is 1.91. The number of carboxylic acid groups (broad SMARTS) is 1. The van der Waals surface area contributed by atoms with Crippen molar-refractivity contribution in [3.63, 3.8) is 0 Å². The average Bonchev–Trinajstić information content (AvgIpc) is 2.11. The van der Waals surface area contributed by atoms with Crippen molar-refractivity contribution in [3.05, 3.63) is 0 Å². The largest absolute Gasteiger partial charge is 0.480 e. The van der Waals surface area contributed by atoms with Crippen LogP contribution in [0.5, 0.6) is 0 Å². The van der Waals surface area contributed by atoms with Gasteiger partial charge in [-0.2, -0.15) is 0 Å². The second kappa shape index (κ2) is 6.82. The third kappa shape index (κ3) is 5.57. The Morgan fingerprint density at radius 2 is 2.23 bits per heavy atom. The molecule has 0 amide bonds. The van der Waals surface area contributed by atoms with E-state index in [9.17, 15) is 4.79 Å². The van der Waals surface area contributed by atoms with Gasteiger partial charge in [-0.15, -0.1) is 0 Å². The summed E-state index contributed by atoms with van der Waals surface area (Å²) in [6, 6.07) is -0.719. The minimum absolute atomic E-state index is 0.105. The first-order valence-electron chi connectivity index (χ1n) is 4.44. The molecule has 0 saturated carbocycles. The van der Waals surface area contributed by atoms with Crippen LogP contribution in [0.25, 0.3) is 0 Å². The van der Waals surface area contributed by atoms with Crippen molar-refractivity contribution in [2.24, 2.45) is 5.73 Å². The maximum atomic E-state index is 10.3. The number of carbonyl (C=O) groups is 1. The molecule has 0 bridgehead atoms. The molecule has 0 spiro atoms. The lowest BCUT2D eigenvalue weighted by Crippen LogP contribution is -2.44. The molecule has 0 aromatic carbocycles. The second-order valence-electron chi connectivity index (χ2n) is 2.97. The van der Waals surface area contributed by atoms with Gasteiger partial charge in [0.25, 0.3) is 0 Å². The molecular formula is C8H18N2O3. The molecule has 5 heteroatoms. The van der Waals surface area contributed by atoms with E-state index in [0.29, 0.717) is 6.42 Å². The van der Waals surface area contributed by atoms with Gasteiger partial charge in [0.15, 0.2) is 0 Å². The van der Waals surface area contributed by atoms with Gasteiger partial charge in [0, 0.05) is 19.2 Å². The number of hydrogen-bond donors (Lipinski definition) is 4. The van der Waals surface area contributed by atoms with Crippen molar-refractivity contribution < 1.29 is 15.0 Å². The molecule has 5 N–H and O–H groups in total. The summed E-state index contributed by atoms with van der Waals surface area (Å²) in [6.45, 7) is 2.32. The molecule has 5 nitrogen and oxygen atoms in total. The number of hydrogen-bond acceptors (Lipinski definition) is 4. The first-order chi connectivity index (χ1) is 6.11. The molecule has 0 aromatic heterocycles. The van der Waals surface area contributed by atoms with Crippen molar-refractivity contribution in [1.29, 1.82) is 0 Å². The standard InChI is InChI=1S/C8H18N2O3/c1-2-6(3-4-11)10-5-7(9)8(12)13/h6-7,10-11H,2-5,9H2,1H3,(H,12,13). The molecule has 0 aliphatic heterocycles. The zero-order chi connectivity index (χ0) is 10.3. The maximum absolute atomic E-state index is 10.3. The summed E-state index contributed by atoms with van der Waals surface area (Å²) in [4.78, 5) is 10.3. The summed E-state index contributed by atoms with van der Waals surface area (Å²) in [5, 5.41) is 20.1. The lowest BCUT2D eigenvalue weighted by atomic mass is 10.1. The normalized spacial score (nSPS) is 15.3. The molecule has 13 heavy (non-hydrogen) atoms. The SMILES string of the molecule is CCC(CCO)NCC(N)C(=O)O. The van der Waals surface area contributed by atoms with E-state index in [4.69, 9.17) is 15.9 Å².